The number of amides is 1. The average Bonchev–Trinajstić information content (AvgIpc) is 2.87. The van der Waals surface area contributed by atoms with E-state index < -0.39 is 5.54 Å². The van der Waals surface area contributed by atoms with Crippen molar-refractivity contribution >= 4 is 5.91 Å². The summed E-state index contributed by atoms with van der Waals surface area (Å²) in [4.78, 5) is 14.0. The SMILES string of the molecule is CCc1ccc(CN(C)C(=O)C2(N)CCOC2)cc1. The number of hydrogen-bond donors (Lipinski definition) is 1. The second kappa shape index (κ2) is 5.72. The van der Waals surface area contributed by atoms with Crippen LogP contribution >= 0.6 is 0 Å². The van der Waals surface area contributed by atoms with Crippen LogP contribution in [0.15, 0.2) is 24.3 Å². The molecule has 1 amide bonds. The van der Waals surface area contributed by atoms with E-state index in [0.717, 1.165) is 12.0 Å². The first-order valence-electron chi connectivity index (χ1n) is 6.75. The Balaban J connectivity index is 1.99. The second-order valence-corrected chi connectivity index (χ2v) is 5.29. The van der Waals surface area contributed by atoms with Gasteiger partial charge in [0.1, 0.15) is 5.54 Å². The first-order valence-corrected chi connectivity index (χ1v) is 6.75. The number of benzene rings is 1. The number of hydrogen-bond acceptors (Lipinski definition) is 3. The van der Waals surface area contributed by atoms with Crippen molar-refractivity contribution in [3.8, 4) is 0 Å². The molecule has 1 heterocycles. The number of nitrogens with zero attached hydrogens (tertiary/aromatic N) is 1. The Morgan fingerprint density at radius 1 is 1.37 bits per heavy atom. The van der Waals surface area contributed by atoms with Gasteiger partial charge >= 0.3 is 0 Å². The monoisotopic (exact) mass is 262 g/mol. The van der Waals surface area contributed by atoms with Crippen LogP contribution in [0.2, 0.25) is 0 Å². The van der Waals surface area contributed by atoms with Gasteiger partial charge in [-0.3, -0.25) is 4.79 Å². The minimum atomic E-state index is -0.835. The molecule has 2 N–H and O–H groups in total. The Hall–Kier alpha value is -1.39. The van der Waals surface area contributed by atoms with Crippen LogP contribution in [0, 0.1) is 0 Å². The van der Waals surface area contributed by atoms with Gasteiger partial charge in [-0.05, 0) is 24.0 Å². The van der Waals surface area contributed by atoms with Crippen molar-refractivity contribution in [2.45, 2.75) is 31.8 Å². The minimum Gasteiger partial charge on any atom is -0.379 e. The summed E-state index contributed by atoms with van der Waals surface area (Å²) in [5.41, 5.74) is 7.68. The molecule has 104 valence electrons. The summed E-state index contributed by atoms with van der Waals surface area (Å²) in [7, 11) is 1.79. The third kappa shape index (κ3) is 3.14. The summed E-state index contributed by atoms with van der Waals surface area (Å²) in [5, 5.41) is 0. The van der Waals surface area contributed by atoms with Crippen LogP contribution in [0.1, 0.15) is 24.5 Å². The Morgan fingerprint density at radius 3 is 2.53 bits per heavy atom. The zero-order valence-electron chi connectivity index (χ0n) is 11.7. The normalized spacial score (nSPS) is 22.5. The number of rotatable bonds is 4. The predicted octanol–water partition coefficient (Wildman–Crippen LogP) is 1.33. The average molecular weight is 262 g/mol. The number of ether oxygens (including phenoxy) is 1. The number of likely N-dealkylation sites (N-methyl/N-ethyl adjacent to an activating group) is 1. The highest BCUT2D eigenvalue weighted by Crippen LogP contribution is 2.19. The molecule has 2 rings (SSSR count). The summed E-state index contributed by atoms with van der Waals surface area (Å²) >= 11 is 0. The molecule has 0 saturated carbocycles. The molecular formula is C15H22N2O2. The van der Waals surface area contributed by atoms with Gasteiger partial charge in [0.2, 0.25) is 5.91 Å². The van der Waals surface area contributed by atoms with E-state index >= 15 is 0 Å². The van der Waals surface area contributed by atoms with Crippen molar-refractivity contribution in [1.29, 1.82) is 0 Å². The third-order valence-corrected chi connectivity index (χ3v) is 3.68. The van der Waals surface area contributed by atoms with E-state index in [1.54, 1.807) is 11.9 Å². The van der Waals surface area contributed by atoms with Crippen LogP contribution in [-0.2, 0) is 22.5 Å². The Labute approximate surface area is 114 Å². The van der Waals surface area contributed by atoms with E-state index in [9.17, 15) is 4.79 Å². The highest BCUT2D eigenvalue weighted by molar-refractivity contribution is 5.86. The van der Waals surface area contributed by atoms with Gasteiger partial charge in [-0.1, -0.05) is 31.2 Å². The first kappa shape index (κ1) is 14.0. The van der Waals surface area contributed by atoms with Crippen LogP contribution in [-0.4, -0.2) is 36.6 Å². The Kier molecular flexibility index (Phi) is 4.22. The van der Waals surface area contributed by atoms with Crippen LogP contribution < -0.4 is 5.73 Å². The predicted molar refractivity (Wildman–Crippen MR) is 74.6 cm³/mol. The van der Waals surface area contributed by atoms with E-state index in [2.05, 4.69) is 31.2 Å². The number of aryl methyl sites for hydroxylation is 1. The van der Waals surface area contributed by atoms with Crippen molar-refractivity contribution in [2.24, 2.45) is 5.73 Å². The Bertz CT molecular complexity index is 436. The van der Waals surface area contributed by atoms with Crippen molar-refractivity contribution in [2.75, 3.05) is 20.3 Å². The van der Waals surface area contributed by atoms with Crippen LogP contribution in [0.3, 0.4) is 0 Å². The largest absolute Gasteiger partial charge is 0.379 e. The smallest absolute Gasteiger partial charge is 0.245 e. The van der Waals surface area contributed by atoms with Gasteiger partial charge in [0.25, 0.3) is 0 Å². The van der Waals surface area contributed by atoms with Gasteiger partial charge in [-0.2, -0.15) is 0 Å². The summed E-state index contributed by atoms with van der Waals surface area (Å²) in [5.74, 6) is -0.0374. The molecular weight excluding hydrogens is 240 g/mol. The molecule has 0 spiro atoms. The standard InChI is InChI=1S/C15H22N2O2/c1-3-12-4-6-13(7-5-12)10-17(2)14(18)15(16)8-9-19-11-15/h4-7H,3,8-11,16H2,1-2H3. The van der Waals surface area contributed by atoms with Crippen molar-refractivity contribution in [1.82, 2.24) is 4.90 Å². The van der Waals surface area contributed by atoms with Crippen LogP contribution in [0.5, 0.6) is 0 Å². The van der Waals surface area contributed by atoms with Crippen LogP contribution in [0.25, 0.3) is 0 Å². The van der Waals surface area contributed by atoms with Crippen molar-refractivity contribution < 1.29 is 9.53 Å². The molecule has 0 radical (unpaired) electrons. The van der Waals surface area contributed by atoms with E-state index in [-0.39, 0.29) is 5.91 Å². The molecule has 4 nitrogen and oxygen atoms in total. The Morgan fingerprint density at radius 2 is 2.00 bits per heavy atom. The van der Waals surface area contributed by atoms with Gasteiger partial charge in [0.15, 0.2) is 0 Å². The second-order valence-electron chi connectivity index (χ2n) is 5.29. The molecule has 0 aliphatic carbocycles. The maximum absolute atomic E-state index is 12.3. The minimum absolute atomic E-state index is 0.0374. The molecule has 1 atom stereocenters. The third-order valence-electron chi connectivity index (χ3n) is 3.68. The van der Waals surface area contributed by atoms with Crippen molar-refractivity contribution in [3.63, 3.8) is 0 Å². The molecule has 1 aliphatic heterocycles. The van der Waals surface area contributed by atoms with Gasteiger partial charge in [-0.25, -0.2) is 0 Å². The zero-order chi connectivity index (χ0) is 13.9. The maximum atomic E-state index is 12.3. The molecule has 1 aliphatic rings. The molecule has 1 saturated heterocycles. The maximum Gasteiger partial charge on any atom is 0.245 e. The highest BCUT2D eigenvalue weighted by Gasteiger charge is 2.40. The molecule has 4 heteroatoms. The lowest BCUT2D eigenvalue weighted by molar-refractivity contribution is -0.136. The lowest BCUT2D eigenvalue weighted by atomic mass is 9.98. The zero-order valence-corrected chi connectivity index (χ0v) is 11.7. The van der Waals surface area contributed by atoms with Gasteiger partial charge in [0.05, 0.1) is 6.61 Å². The summed E-state index contributed by atoms with van der Waals surface area (Å²) in [6.45, 7) is 3.61. The van der Waals surface area contributed by atoms with E-state index in [4.69, 9.17) is 10.5 Å². The molecule has 1 unspecified atom stereocenters. The quantitative estimate of drug-likeness (QED) is 0.890. The lowest BCUT2D eigenvalue weighted by Gasteiger charge is -2.27. The molecule has 1 aromatic carbocycles. The molecule has 19 heavy (non-hydrogen) atoms. The summed E-state index contributed by atoms with van der Waals surface area (Å²) in [6.07, 6.45) is 1.63. The molecule has 1 aromatic rings. The fourth-order valence-corrected chi connectivity index (χ4v) is 2.36. The fourth-order valence-electron chi connectivity index (χ4n) is 2.36. The van der Waals surface area contributed by atoms with E-state index in [1.165, 1.54) is 5.56 Å². The van der Waals surface area contributed by atoms with E-state index in [0.29, 0.717) is 26.2 Å². The number of nitrogens with two attached hydrogens (primary N) is 1. The fraction of sp³-hybridized carbons (Fsp3) is 0.533. The van der Waals surface area contributed by atoms with Gasteiger partial charge < -0.3 is 15.4 Å². The summed E-state index contributed by atoms with van der Waals surface area (Å²) in [6, 6.07) is 8.34. The first-order chi connectivity index (χ1) is 9.05. The van der Waals surface area contributed by atoms with Crippen LogP contribution in [0.4, 0.5) is 0 Å². The lowest BCUT2D eigenvalue weighted by Crippen LogP contribution is -2.54. The topological polar surface area (TPSA) is 55.6 Å². The number of carbonyl (C=O) groups excluding carboxylic acids is 1. The van der Waals surface area contributed by atoms with Crippen molar-refractivity contribution in [3.05, 3.63) is 35.4 Å². The summed E-state index contributed by atoms with van der Waals surface area (Å²) < 4.78 is 5.24. The van der Waals surface area contributed by atoms with Gasteiger partial charge in [-0.15, -0.1) is 0 Å². The molecule has 0 aromatic heterocycles. The van der Waals surface area contributed by atoms with Gasteiger partial charge in [0, 0.05) is 20.2 Å². The van der Waals surface area contributed by atoms with E-state index in [1.807, 2.05) is 0 Å². The number of carbonyl (C=O) groups is 1. The molecule has 0 bridgehead atoms. The molecule has 1 fully saturated rings. The highest BCUT2D eigenvalue weighted by atomic mass is 16.5.